The standard InChI is InChI=1S/C13H16BrN7/c1-3-4-16-11(12-13(14)18-19-20(12)2)9-7-17-21-6-5-15-8-10(9)21/h5-8,11,16H,3-4H2,1-2H3. The summed E-state index contributed by atoms with van der Waals surface area (Å²) in [6, 6.07) is -0.0407. The first-order valence-corrected chi connectivity index (χ1v) is 7.57. The van der Waals surface area contributed by atoms with Gasteiger partial charge in [-0.05, 0) is 28.9 Å². The van der Waals surface area contributed by atoms with E-state index in [-0.39, 0.29) is 6.04 Å². The fraction of sp³-hybridized carbons (Fsp3) is 0.385. The van der Waals surface area contributed by atoms with Crippen LogP contribution in [0, 0.1) is 0 Å². The molecule has 0 bridgehead atoms. The van der Waals surface area contributed by atoms with Gasteiger partial charge in [-0.2, -0.15) is 5.10 Å². The summed E-state index contributed by atoms with van der Waals surface area (Å²) in [7, 11) is 1.89. The maximum absolute atomic E-state index is 4.39. The molecule has 21 heavy (non-hydrogen) atoms. The van der Waals surface area contributed by atoms with Gasteiger partial charge in [0.1, 0.15) is 0 Å². The Morgan fingerprint density at radius 1 is 1.38 bits per heavy atom. The molecule has 1 unspecified atom stereocenters. The molecule has 3 aromatic heterocycles. The average Bonchev–Trinajstić information content (AvgIpc) is 3.06. The Bertz CT molecular complexity index is 728. The predicted octanol–water partition coefficient (Wildman–Crippen LogP) is 1.71. The van der Waals surface area contributed by atoms with Crippen LogP contribution in [0.15, 0.2) is 29.4 Å². The highest BCUT2D eigenvalue weighted by Gasteiger charge is 2.24. The van der Waals surface area contributed by atoms with Crippen molar-refractivity contribution in [3.63, 3.8) is 0 Å². The number of hydrogen-bond donors (Lipinski definition) is 1. The van der Waals surface area contributed by atoms with Crippen LogP contribution in [-0.4, -0.2) is 36.1 Å². The highest BCUT2D eigenvalue weighted by molar-refractivity contribution is 9.10. The number of aryl methyl sites for hydroxylation is 1. The van der Waals surface area contributed by atoms with Gasteiger partial charge in [-0.15, -0.1) is 5.10 Å². The van der Waals surface area contributed by atoms with Gasteiger partial charge >= 0.3 is 0 Å². The number of halogens is 1. The molecule has 0 saturated carbocycles. The summed E-state index contributed by atoms with van der Waals surface area (Å²) in [6.07, 6.45) is 8.29. The number of aromatic nitrogens is 6. The van der Waals surface area contributed by atoms with Crippen LogP contribution in [0.2, 0.25) is 0 Å². The lowest BCUT2D eigenvalue weighted by Crippen LogP contribution is -2.25. The van der Waals surface area contributed by atoms with Gasteiger partial charge in [-0.1, -0.05) is 12.1 Å². The Labute approximate surface area is 130 Å². The second-order valence-corrected chi connectivity index (χ2v) is 5.53. The van der Waals surface area contributed by atoms with Crippen LogP contribution in [0.3, 0.4) is 0 Å². The van der Waals surface area contributed by atoms with E-state index in [0.29, 0.717) is 0 Å². The van der Waals surface area contributed by atoms with Gasteiger partial charge in [-0.3, -0.25) is 4.98 Å². The first-order valence-electron chi connectivity index (χ1n) is 6.78. The zero-order valence-electron chi connectivity index (χ0n) is 11.9. The summed E-state index contributed by atoms with van der Waals surface area (Å²) in [5, 5.41) is 16.1. The highest BCUT2D eigenvalue weighted by atomic mass is 79.9. The van der Waals surface area contributed by atoms with E-state index >= 15 is 0 Å². The molecule has 3 rings (SSSR count). The lowest BCUT2D eigenvalue weighted by Gasteiger charge is -2.18. The van der Waals surface area contributed by atoms with Crippen LogP contribution in [-0.2, 0) is 7.05 Å². The molecule has 0 saturated heterocycles. The van der Waals surface area contributed by atoms with E-state index in [0.717, 1.165) is 34.3 Å². The molecule has 8 heteroatoms. The Morgan fingerprint density at radius 3 is 2.95 bits per heavy atom. The quantitative estimate of drug-likeness (QED) is 0.758. The Balaban J connectivity index is 2.11. The van der Waals surface area contributed by atoms with Gasteiger partial charge in [0, 0.05) is 25.0 Å². The van der Waals surface area contributed by atoms with Crippen LogP contribution in [0.25, 0.3) is 5.52 Å². The minimum atomic E-state index is -0.0407. The zero-order chi connectivity index (χ0) is 14.8. The summed E-state index contributed by atoms with van der Waals surface area (Å²) < 4.78 is 4.33. The van der Waals surface area contributed by atoms with E-state index in [9.17, 15) is 0 Å². The second-order valence-electron chi connectivity index (χ2n) is 4.78. The fourth-order valence-electron chi connectivity index (χ4n) is 2.36. The lowest BCUT2D eigenvalue weighted by molar-refractivity contribution is 0.552. The van der Waals surface area contributed by atoms with Crippen LogP contribution in [0.1, 0.15) is 30.6 Å². The molecule has 7 nitrogen and oxygen atoms in total. The minimum Gasteiger partial charge on any atom is -0.305 e. The molecule has 0 aliphatic heterocycles. The van der Waals surface area contributed by atoms with E-state index < -0.39 is 0 Å². The third-order valence-corrected chi connectivity index (χ3v) is 3.93. The van der Waals surface area contributed by atoms with Crippen LogP contribution in [0.4, 0.5) is 0 Å². The summed E-state index contributed by atoms with van der Waals surface area (Å²) in [6.45, 7) is 3.03. The van der Waals surface area contributed by atoms with Gasteiger partial charge in [-0.25, -0.2) is 9.20 Å². The monoisotopic (exact) mass is 349 g/mol. The Kier molecular flexibility index (Phi) is 3.98. The van der Waals surface area contributed by atoms with E-state index in [1.165, 1.54) is 0 Å². The van der Waals surface area contributed by atoms with Crippen molar-refractivity contribution >= 4 is 21.4 Å². The molecule has 1 N–H and O–H groups in total. The van der Waals surface area contributed by atoms with Gasteiger partial charge < -0.3 is 5.32 Å². The molecule has 0 fully saturated rings. The predicted molar refractivity (Wildman–Crippen MR) is 81.8 cm³/mol. The van der Waals surface area contributed by atoms with Gasteiger partial charge in [0.25, 0.3) is 0 Å². The fourth-order valence-corrected chi connectivity index (χ4v) is 2.92. The topological polar surface area (TPSA) is 72.9 Å². The number of hydrogen-bond acceptors (Lipinski definition) is 5. The Morgan fingerprint density at radius 2 is 2.24 bits per heavy atom. The average molecular weight is 350 g/mol. The third kappa shape index (κ3) is 2.56. The maximum Gasteiger partial charge on any atom is 0.153 e. The molecule has 3 aromatic rings. The van der Waals surface area contributed by atoms with Gasteiger partial charge in [0.2, 0.25) is 0 Å². The first-order chi connectivity index (χ1) is 10.2. The van der Waals surface area contributed by atoms with Crippen molar-refractivity contribution in [3.8, 4) is 0 Å². The summed E-state index contributed by atoms with van der Waals surface area (Å²) in [5.74, 6) is 0. The van der Waals surface area contributed by atoms with E-state index in [1.807, 2.05) is 30.2 Å². The molecular formula is C13H16BrN7. The summed E-state index contributed by atoms with van der Waals surface area (Å²) in [4.78, 5) is 4.20. The highest BCUT2D eigenvalue weighted by Crippen LogP contribution is 2.29. The van der Waals surface area contributed by atoms with E-state index in [4.69, 9.17) is 0 Å². The smallest absolute Gasteiger partial charge is 0.153 e. The first kappa shape index (κ1) is 14.2. The molecular weight excluding hydrogens is 334 g/mol. The van der Waals surface area contributed by atoms with E-state index in [1.54, 1.807) is 10.9 Å². The molecule has 0 aliphatic rings. The number of rotatable bonds is 5. The molecule has 0 aliphatic carbocycles. The third-order valence-electron chi connectivity index (χ3n) is 3.36. The zero-order valence-corrected chi connectivity index (χ0v) is 13.4. The van der Waals surface area contributed by atoms with Gasteiger partial charge in [0.15, 0.2) is 4.60 Å². The largest absolute Gasteiger partial charge is 0.305 e. The van der Waals surface area contributed by atoms with Crippen molar-refractivity contribution in [2.75, 3.05) is 6.54 Å². The Hall–Kier alpha value is -1.80. The van der Waals surface area contributed by atoms with E-state index in [2.05, 4.69) is 48.6 Å². The molecule has 0 spiro atoms. The number of nitrogens with zero attached hydrogens (tertiary/aromatic N) is 6. The molecule has 0 radical (unpaired) electrons. The molecule has 110 valence electrons. The SMILES string of the molecule is CCCNC(c1cnn2ccncc12)c1c(Br)nnn1C. The van der Waals surface area contributed by atoms with Gasteiger partial charge in [0.05, 0.1) is 29.6 Å². The minimum absolute atomic E-state index is 0.0407. The second kappa shape index (κ2) is 5.90. The molecule has 0 amide bonds. The van der Waals surface area contributed by atoms with Crippen LogP contribution < -0.4 is 5.32 Å². The molecule has 1 atom stereocenters. The normalized spacial score (nSPS) is 12.9. The summed E-state index contributed by atoms with van der Waals surface area (Å²) in [5.41, 5.74) is 3.00. The van der Waals surface area contributed by atoms with Crippen molar-refractivity contribution in [1.82, 2.24) is 34.9 Å². The lowest BCUT2D eigenvalue weighted by atomic mass is 10.1. The van der Waals surface area contributed by atoms with Crippen LogP contribution in [0.5, 0.6) is 0 Å². The molecule has 0 aromatic carbocycles. The van der Waals surface area contributed by atoms with Crippen molar-refractivity contribution < 1.29 is 0 Å². The number of nitrogens with one attached hydrogen (secondary N) is 1. The van der Waals surface area contributed by atoms with Crippen molar-refractivity contribution in [2.24, 2.45) is 7.05 Å². The maximum atomic E-state index is 4.39. The van der Waals surface area contributed by atoms with Crippen molar-refractivity contribution in [3.05, 3.63) is 40.6 Å². The van der Waals surface area contributed by atoms with Crippen molar-refractivity contribution in [2.45, 2.75) is 19.4 Å². The number of fused-ring (bicyclic) bond motifs is 1. The summed E-state index contributed by atoms with van der Waals surface area (Å²) >= 11 is 3.48. The molecule has 3 heterocycles. The van der Waals surface area contributed by atoms with Crippen molar-refractivity contribution in [1.29, 1.82) is 0 Å². The van der Waals surface area contributed by atoms with Crippen LogP contribution >= 0.6 is 15.9 Å².